The highest BCUT2D eigenvalue weighted by Gasteiger charge is 2.18. The molecule has 1 fully saturated rings. The van der Waals surface area contributed by atoms with Gasteiger partial charge < -0.3 is 14.6 Å². The largest absolute Gasteiger partial charge is 0.376 e. The molecule has 1 N–H and O–H groups in total. The van der Waals surface area contributed by atoms with Crippen molar-refractivity contribution in [2.75, 3.05) is 13.2 Å². The van der Waals surface area contributed by atoms with Crippen molar-refractivity contribution in [3.63, 3.8) is 0 Å². The number of carbonyl (C=O) groups excluding carboxylic acids is 1. The van der Waals surface area contributed by atoms with Gasteiger partial charge in [-0.3, -0.25) is 4.79 Å². The maximum Gasteiger partial charge on any atom is 0.268 e. The van der Waals surface area contributed by atoms with E-state index in [9.17, 15) is 4.79 Å². The molecule has 0 spiro atoms. The lowest BCUT2D eigenvalue weighted by atomic mass is 10.1. The van der Waals surface area contributed by atoms with E-state index in [1.165, 1.54) is 0 Å². The van der Waals surface area contributed by atoms with Crippen molar-refractivity contribution in [2.45, 2.75) is 32.4 Å². The van der Waals surface area contributed by atoms with Gasteiger partial charge in [-0.05, 0) is 43.5 Å². The number of hydrogen-bond donors (Lipinski definition) is 1. The summed E-state index contributed by atoms with van der Waals surface area (Å²) in [5.41, 5.74) is 2.75. The van der Waals surface area contributed by atoms with Gasteiger partial charge in [-0.15, -0.1) is 0 Å². The molecule has 2 heterocycles. The molecule has 5 heteroatoms. The Hall–Kier alpha value is -1.78. The van der Waals surface area contributed by atoms with Crippen LogP contribution < -0.4 is 5.32 Å². The second-order valence-electron chi connectivity index (χ2n) is 5.75. The molecule has 2 aromatic rings. The number of halogens is 1. The van der Waals surface area contributed by atoms with Crippen molar-refractivity contribution in [2.24, 2.45) is 0 Å². The summed E-state index contributed by atoms with van der Waals surface area (Å²) in [5.74, 6) is -0.0532. The summed E-state index contributed by atoms with van der Waals surface area (Å²) < 4.78 is 7.51. The van der Waals surface area contributed by atoms with Crippen LogP contribution in [0.3, 0.4) is 0 Å². The highest BCUT2D eigenvalue weighted by molar-refractivity contribution is 6.30. The van der Waals surface area contributed by atoms with E-state index >= 15 is 0 Å². The summed E-state index contributed by atoms with van der Waals surface area (Å²) in [7, 11) is 0. The van der Waals surface area contributed by atoms with Crippen LogP contribution in [0.5, 0.6) is 0 Å². The first-order valence-electron chi connectivity index (χ1n) is 8.03. The van der Waals surface area contributed by atoms with Gasteiger partial charge in [0.2, 0.25) is 0 Å². The van der Waals surface area contributed by atoms with Crippen LogP contribution in [0, 0.1) is 0 Å². The van der Waals surface area contributed by atoms with Crippen molar-refractivity contribution in [3.8, 4) is 11.1 Å². The molecular formula is C18H21ClN2O2. The zero-order valence-corrected chi connectivity index (χ0v) is 14.0. The van der Waals surface area contributed by atoms with Gasteiger partial charge in [0, 0.05) is 36.5 Å². The van der Waals surface area contributed by atoms with E-state index in [0.29, 0.717) is 17.3 Å². The van der Waals surface area contributed by atoms with Gasteiger partial charge in [-0.2, -0.15) is 0 Å². The molecule has 23 heavy (non-hydrogen) atoms. The minimum absolute atomic E-state index is 0.0532. The van der Waals surface area contributed by atoms with Crippen LogP contribution in [0.2, 0.25) is 5.02 Å². The molecule has 1 saturated heterocycles. The third-order valence-electron chi connectivity index (χ3n) is 4.16. The van der Waals surface area contributed by atoms with Crippen molar-refractivity contribution in [3.05, 3.63) is 47.2 Å². The smallest absolute Gasteiger partial charge is 0.268 e. The standard InChI is InChI=1S/C18H21ClN2O2/c1-2-21-12-14(13-5-7-15(19)8-6-13)10-17(21)18(22)20-11-16-4-3-9-23-16/h5-8,10,12,16H,2-4,9,11H2,1H3,(H,20,22)/t16-/m0/s1. The summed E-state index contributed by atoms with van der Waals surface area (Å²) in [6.45, 7) is 4.15. The van der Waals surface area contributed by atoms with Crippen LogP contribution in [0.15, 0.2) is 36.5 Å². The number of rotatable bonds is 5. The Bertz CT molecular complexity index is 673. The normalized spacial score (nSPS) is 17.4. The molecular weight excluding hydrogens is 312 g/mol. The van der Waals surface area contributed by atoms with Crippen molar-refractivity contribution in [1.29, 1.82) is 0 Å². The molecule has 1 aromatic heterocycles. The fourth-order valence-electron chi connectivity index (χ4n) is 2.87. The number of nitrogens with one attached hydrogen (secondary N) is 1. The quantitative estimate of drug-likeness (QED) is 0.906. The first-order valence-corrected chi connectivity index (χ1v) is 8.41. The molecule has 4 nitrogen and oxygen atoms in total. The monoisotopic (exact) mass is 332 g/mol. The van der Waals surface area contributed by atoms with Crippen LogP contribution in [0.1, 0.15) is 30.3 Å². The first-order chi connectivity index (χ1) is 11.2. The minimum atomic E-state index is -0.0532. The summed E-state index contributed by atoms with van der Waals surface area (Å²) in [5, 5.41) is 3.69. The van der Waals surface area contributed by atoms with Crippen LogP contribution >= 0.6 is 11.6 Å². The average Bonchev–Trinajstić information content (AvgIpc) is 3.22. The Kier molecular flexibility index (Phi) is 5.03. The van der Waals surface area contributed by atoms with Gasteiger partial charge in [0.25, 0.3) is 5.91 Å². The van der Waals surface area contributed by atoms with Gasteiger partial charge in [0.05, 0.1) is 6.10 Å². The number of ether oxygens (including phenoxy) is 1. The Morgan fingerprint density at radius 1 is 1.35 bits per heavy atom. The summed E-state index contributed by atoms with van der Waals surface area (Å²) in [4.78, 5) is 12.5. The third kappa shape index (κ3) is 3.77. The van der Waals surface area contributed by atoms with Crippen molar-refractivity contribution < 1.29 is 9.53 Å². The number of amides is 1. The molecule has 1 atom stereocenters. The van der Waals surface area contributed by atoms with Crippen molar-refractivity contribution >= 4 is 17.5 Å². The van der Waals surface area contributed by atoms with Gasteiger partial charge in [-0.25, -0.2) is 0 Å². The Labute approximate surface area is 141 Å². The molecule has 0 saturated carbocycles. The fourth-order valence-corrected chi connectivity index (χ4v) is 2.99. The Balaban J connectivity index is 1.75. The molecule has 1 aromatic carbocycles. The van der Waals surface area contributed by atoms with E-state index in [-0.39, 0.29) is 12.0 Å². The Morgan fingerprint density at radius 2 is 2.13 bits per heavy atom. The maximum atomic E-state index is 12.5. The number of aromatic nitrogens is 1. The van der Waals surface area contributed by atoms with Gasteiger partial charge in [-0.1, -0.05) is 23.7 Å². The first kappa shape index (κ1) is 16.1. The molecule has 1 amide bonds. The highest BCUT2D eigenvalue weighted by Crippen LogP contribution is 2.24. The average molecular weight is 333 g/mol. The number of carbonyl (C=O) groups is 1. The van der Waals surface area contributed by atoms with Gasteiger partial charge in [0.15, 0.2) is 0 Å². The molecule has 1 aliphatic heterocycles. The van der Waals surface area contributed by atoms with E-state index in [1.54, 1.807) is 0 Å². The predicted octanol–water partition coefficient (Wildman–Crippen LogP) is 3.74. The number of hydrogen-bond acceptors (Lipinski definition) is 2. The van der Waals surface area contributed by atoms with E-state index in [4.69, 9.17) is 16.3 Å². The zero-order chi connectivity index (χ0) is 16.2. The molecule has 122 valence electrons. The minimum Gasteiger partial charge on any atom is -0.376 e. The van der Waals surface area contributed by atoms with Crippen molar-refractivity contribution in [1.82, 2.24) is 9.88 Å². The molecule has 0 radical (unpaired) electrons. The van der Waals surface area contributed by atoms with Gasteiger partial charge in [0.1, 0.15) is 5.69 Å². The van der Waals surface area contributed by atoms with Crippen LogP contribution in [-0.4, -0.2) is 29.7 Å². The second kappa shape index (κ2) is 7.20. The lowest BCUT2D eigenvalue weighted by molar-refractivity contribution is 0.0850. The molecule has 1 aliphatic rings. The fraction of sp³-hybridized carbons (Fsp3) is 0.389. The molecule has 0 bridgehead atoms. The number of benzene rings is 1. The molecule has 3 rings (SSSR count). The topological polar surface area (TPSA) is 43.3 Å². The van der Waals surface area contributed by atoms with Crippen LogP contribution in [0.4, 0.5) is 0 Å². The highest BCUT2D eigenvalue weighted by atomic mass is 35.5. The number of nitrogens with zero attached hydrogens (tertiary/aromatic N) is 1. The second-order valence-corrected chi connectivity index (χ2v) is 6.19. The van der Waals surface area contributed by atoms with Crippen LogP contribution in [-0.2, 0) is 11.3 Å². The van der Waals surface area contributed by atoms with E-state index < -0.39 is 0 Å². The molecule has 0 aliphatic carbocycles. The maximum absolute atomic E-state index is 12.5. The lowest BCUT2D eigenvalue weighted by Crippen LogP contribution is -2.32. The summed E-state index contributed by atoms with van der Waals surface area (Å²) in [6.07, 6.45) is 4.25. The van der Waals surface area contributed by atoms with Crippen LogP contribution in [0.25, 0.3) is 11.1 Å². The third-order valence-corrected chi connectivity index (χ3v) is 4.41. The lowest BCUT2D eigenvalue weighted by Gasteiger charge is -2.11. The predicted molar refractivity (Wildman–Crippen MR) is 91.9 cm³/mol. The SMILES string of the molecule is CCn1cc(-c2ccc(Cl)cc2)cc1C(=O)NC[C@@H]1CCCO1. The summed E-state index contributed by atoms with van der Waals surface area (Å²) >= 11 is 5.94. The van der Waals surface area contributed by atoms with E-state index in [0.717, 1.165) is 37.1 Å². The van der Waals surface area contributed by atoms with Gasteiger partial charge >= 0.3 is 0 Å². The summed E-state index contributed by atoms with van der Waals surface area (Å²) in [6, 6.07) is 9.57. The van der Waals surface area contributed by atoms with E-state index in [1.807, 2.05) is 48.0 Å². The molecule has 0 unspecified atom stereocenters. The Morgan fingerprint density at radius 3 is 2.78 bits per heavy atom. The zero-order valence-electron chi connectivity index (χ0n) is 13.2. The number of aryl methyl sites for hydroxylation is 1. The van der Waals surface area contributed by atoms with E-state index in [2.05, 4.69) is 5.32 Å².